The van der Waals surface area contributed by atoms with Crippen LogP contribution in [0.25, 0.3) is 0 Å². The van der Waals surface area contributed by atoms with Gasteiger partial charge in [-0.3, -0.25) is 0 Å². The van der Waals surface area contributed by atoms with Crippen molar-refractivity contribution in [1.29, 1.82) is 0 Å². The van der Waals surface area contributed by atoms with Gasteiger partial charge in [-0.1, -0.05) is 6.07 Å². The van der Waals surface area contributed by atoms with E-state index in [0.717, 1.165) is 26.8 Å². The van der Waals surface area contributed by atoms with E-state index in [2.05, 4.69) is 67.4 Å². The van der Waals surface area contributed by atoms with Gasteiger partial charge in [0.05, 0.1) is 0 Å². The number of hydrogen-bond acceptors (Lipinski definition) is 3. The quantitative estimate of drug-likeness (QED) is 0.577. The van der Waals surface area contributed by atoms with Gasteiger partial charge < -0.3 is 11.1 Å². The molecular weight excluding hydrogens is 411 g/mol. The molecule has 0 saturated carbocycles. The Kier molecular flexibility index (Phi) is 4.84. The molecule has 1 aromatic carbocycles. The minimum Gasteiger partial charge on any atom is -0.398 e. The van der Waals surface area contributed by atoms with E-state index in [9.17, 15) is 0 Å². The third kappa shape index (κ3) is 3.94. The summed E-state index contributed by atoms with van der Waals surface area (Å²) in [4.78, 5) is 1.34. The molecule has 2 rings (SSSR count). The molecule has 0 radical (unpaired) electrons. The molecule has 0 amide bonds. The fourth-order valence-corrected chi connectivity index (χ4v) is 3.46. The molecule has 17 heavy (non-hydrogen) atoms. The summed E-state index contributed by atoms with van der Waals surface area (Å²) < 4.78 is 2.27. The van der Waals surface area contributed by atoms with Gasteiger partial charge in [-0.15, -0.1) is 11.3 Å². The third-order valence-corrected chi connectivity index (χ3v) is 4.95. The molecule has 1 heterocycles. The molecule has 90 valence electrons. The maximum absolute atomic E-state index is 5.78. The molecule has 0 aliphatic heterocycles. The molecule has 0 atom stereocenters. The highest BCUT2D eigenvalue weighted by molar-refractivity contribution is 14.1. The molecular formula is C12H12BrIN2S. The number of nitrogens with two attached hydrogens (primary N) is 1. The van der Waals surface area contributed by atoms with Crippen molar-refractivity contribution in [3.63, 3.8) is 0 Å². The van der Waals surface area contributed by atoms with Crippen molar-refractivity contribution in [2.24, 2.45) is 0 Å². The molecule has 2 aromatic rings. The topological polar surface area (TPSA) is 38.0 Å². The van der Waals surface area contributed by atoms with Crippen LogP contribution < -0.4 is 11.1 Å². The van der Waals surface area contributed by atoms with Gasteiger partial charge in [-0.2, -0.15) is 0 Å². The average Bonchev–Trinajstić information content (AvgIpc) is 2.70. The van der Waals surface area contributed by atoms with Crippen LogP contribution in [-0.4, -0.2) is 0 Å². The fourth-order valence-electron chi connectivity index (χ4n) is 1.46. The van der Waals surface area contributed by atoms with Gasteiger partial charge in [0.1, 0.15) is 0 Å². The van der Waals surface area contributed by atoms with Crippen LogP contribution >= 0.6 is 49.9 Å². The second kappa shape index (κ2) is 6.17. The van der Waals surface area contributed by atoms with Gasteiger partial charge in [-0.25, -0.2) is 0 Å². The summed E-state index contributed by atoms with van der Waals surface area (Å²) >= 11 is 7.47. The zero-order chi connectivity index (χ0) is 12.3. The molecule has 0 aliphatic carbocycles. The van der Waals surface area contributed by atoms with E-state index in [0.29, 0.717) is 0 Å². The van der Waals surface area contributed by atoms with Crippen LogP contribution in [0, 0.1) is 3.57 Å². The second-order valence-corrected chi connectivity index (χ2v) is 6.76. The van der Waals surface area contributed by atoms with Crippen LogP contribution in [0.15, 0.2) is 34.1 Å². The van der Waals surface area contributed by atoms with Gasteiger partial charge in [-0.05, 0) is 62.3 Å². The first-order valence-corrected chi connectivity index (χ1v) is 7.88. The molecule has 0 bridgehead atoms. The number of hydrogen-bond donors (Lipinski definition) is 2. The van der Waals surface area contributed by atoms with E-state index >= 15 is 0 Å². The molecule has 0 aliphatic rings. The van der Waals surface area contributed by atoms with Gasteiger partial charge in [0, 0.05) is 37.1 Å². The zero-order valence-electron chi connectivity index (χ0n) is 9.04. The lowest BCUT2D eigenvalue weighted by Gasteiger charge is -2.05. The SMILES string of the molecule is Nc1ccc(CNCc2cc(Br)cs2)cc1I. The highest BCUT2D eigenvalue weighted by Crippen LogP contribution is 2.20. The smallest absolute Gasteiger partial charge is 0.0449 e. The predicted octanol–water partition coefficient (Wildman–Crippen LogP) is 3.99. The lowest BCUT2D eigenvalue weighted by molar-refractivity contribution is 0.700. The Balaban J connectivity index is 1.87. The Hall–Kier alpha value is -0.110. The molecule has 0 fully saturated rings. The molecule has 5 heteroatoms. The number of thiophene rings is 1. The summed E-state index contributed by atoms with van der Waals surface area (Å²) in [7, 11) is 0. The second-order valence-electron chi connectivity index (χ2n) is 3.69. The first-order valence-electron chi connectivity index (χ1n) is 5.12. The summed E-state index contributed by atoms with van der Waals surface area (Å²) in [6, 6.07) is 8.28. The van der Waals surface area contributed by atoms with Crippen molar-refractivity contribution in [2.75, 3.05) is 5.73 Å². The third-order valence-electron chi connectivity index (χ3n) is 2.31. The average molecular weight is 423 g/mol. The Morgan fingerprint density at radius 3 is 2.76 bits per heavy atom. The Morgan fingerprint density at radius 1 is 1.29 bits per heavy atom. The number of rotatable bonds is 4. The maximum Gasteiger partial charge on any atom is 0.0449 e. The monoisotopic (exact) mass is 422 g/mol. The molecule has 2 nitrogen and oxygen atoms in total. The Labute approximate surface area is 127 Å². The minimum atomic E-state index is 0.844. The summed E-state index contributed by atoms with van der Waals surface area (Å²) in [6.07, 6.45) is 0. The first-order chi connectivity index (χ1) is 8.15. The Morgan fingerprint density at radius 2 is 2.12 bits per heavy atom. The number of nitrogens with one attached hydrogen (secondary N) is 1. The van der Waals surface area contributed by atoms with Crippen LogP contribution in [0.2, 0.25) is 0 Å². The van der Waals surface area contributed by atoms with E-state index in [1.54, 1.807) is 11.3 Å². The molecule has 1 aromatic heterocycles. The van der Waals surface area contributed by atoms with Crippen LogP contribution in [0.5, 0.6) is 0 Å². The number of anilines is 1. The van der Waals surface area contributed by atoms with E-state index in [1.807, 2.05) is 6.07 Å². The number of nitrogen functional groups attached to an aromatic ring is 1. The van der Waals surface area contributed by atoms with Crippen molar-refractivity contribution >= 4 is 55.5 Å². The minimum absolute atomic E-state index is 0.844. The standard InChI is InChI=1S/C12H12BrIN2S/c13-9-4-10(17-7-9)6-16-5-8-1-2-12(15)11(14)3-8/h1-4,7,16H,5-6,15H2. The van der Waals surface area contributed by atoms with Crippen LogP contribution in [-0.2, 0) is 13.1 Å². The van der Waals surface area contributed by atoms with Crippen LogP contribution in [0.1, 0.15) is 10.4 Å². The summed E-state index contributed by atoms with van der Waals surface area (Å²) in [5.74, 6) is 0. The number of halogens is 2. The molecule has 3 N–H and O–H groups in total. The van der Waals surface area contributed by atoms with Gasteiger partial charge in [0.25, 0.3) is 0 Å². The normalized spacial score (nSPS) is 10.7. The van der Waals surface area contributed by atoms with Crippen LogP contribution in [0.3, 0.4) is 0 Å². The fraction of sp³-hybridized carbons (Fsp3) is 0.167. The van der Waals surface area contributed by atoms with E-state index in [1.165, 1.54) is 10.4 Å². The summed E-state index contributed by atoms with van der Waals surface area (Å²) in [6.45, 7) is 1.77. The summed E-state index contributed by atoms with van der Waals surface area (Å²) in [5.41, 5.74) is 7.89. The highest BCUT2D eigenvalue weighted by Gasteiger charge is 2.00. The van der Waals surface area contributed by atoms with E-state index < -0.39 is 0 Å². The van der Waals surface area contributed by atoms with Gasteiger partial charge in [0.2, 0.25) is 0 Å². The van der Waals surface area contributed by atoms with E-state index in [4.69, 9.17) is 5.73 Å². The van der Waals surface area contributed by atoms with Crippen molar-refractivity contribution < 1.29 is 0 Å². The van der Waals surface area contributed by atoms with E-state index in [-0.39, 0.29) is 0 Å². The maximum atomic E-state index is 5.78. The molecule has 0 spiro atoms. The van der Waals surface area contributed by atoms with Crippen molar-refractivity contribution in [1.82, 2.24) is 5.32 Å². The molecule has 0 unspecified atom stereocenters. The summed E-state index contributed by atoms with van der Waals surface area (Å²) in [5, 5.41) is 5.52. The lowest BCUT2D eigenvalue weighted by atomic mass is 10.2. The van der Waals surface area contributed by atoms with Crippen molar-refractivity contribution in [2.45, 2.75) is 13.1 Å². The highest BCUT2D eigenvalue weighted by atomic mass is 127. The van der Waals surface area contributed by atoms with Crippen molar-refractivity contribution in [3.8, 4) is 0 Å². The largest absolute Gasteiger partial charge is 0.398 e. The van der Waals surface area contributed by atoms with Crippen molar-refractivity contribution in [3.05, 3.63) is 48.1 Å². The lowest BCUT2D eigenvalue weighted by Crippen LogP contribution is -2.11. The predicted molar refractivity (Wildman–Crippen MR) is 86.1 cm³/mol. The van der Waals surface area contributed by atoms with Gasteiger partial charge >= 0.3 is 0 Å². The molecule has 0 saturated heterocycles. The van der Waals surface area contributed by atoms with Gasteiger partial charge in [0.15, 0.2) is 0 Å². The zero-order valence-corrected chi connectivity index (χ0v) is 13.6. The first kappa shape index (κ1) is 13.3. The Bertz CT molecular complexity index is 513. The number of benzene rings is 1. The van der Waals surface area contributed by atoms with Crippen LogP contribution in [0.4, 0.5) is 5.69 Å².